The van der Waals surface area contributed by atoms with Crippen molar-refractivity contribution in [3.8, 4) is 39.8 Å². The van der Waals surface area contributed by atoms with Gasteiger partial charge < -0.3 is 39.6 Å². The Hall–Kier alpha value is -6.63. The Morgan fingerprint density at radius 3 is 2.71 bits per heavy atom. The van der Waals surface area contributed by atoms with Gasteiger partial charge in [0, 0.05) is 63.6 Å². The van der Waals surface area contributed by atoms with Gasteiger partial charge >= 0.3 is 5.97 Å². The number of carbonyl (C=O) groups excluding carboxylic acids is 2. The normalized spacial score (nSPS) is 21.9. The van der Waals surface area contributed by atoms with E-state index in [0.29, 0.717) is 23.0 Å². The van der Waals surface area contributed by atoms with Gasteiger partial charge in [-0.3, -0.25) is 9.59 Å². The molecule has 52 heavy (non-hydrogen) atoms. The monoisotopic (exact) mass is 694 g/mol. The molecule has 3 aromatic carbocycles. The van der Waals surface area contributed by atoms with Crippen LogP contribution in [0.3, 0.4) is 0 Å². The number of carboxylic acid groups (broad SMARTS) is 1. The second kappa shape index (κ2) is 10.7. The minimum absolute atomic E-state index is 0.109. The van der Waals surface area contributed by atoms with Crippen LogP contribution in [0, 0.1) is 5.92 Å². The van der Waals surface area contributed by atoms with Crippen molar-refractivity contribution in [1.82, 2.24) is 25.6 Å². The Kier molecular flexibility index (Phi) is 6.21. The first-order chi connectivity index (χ1) is 25.2. The number of fused-ring (bicyclic) bond motifs is 7. The van der Waals surface area contributed by atoms with E-state index in [0.717, 1.165) is 62.1 Å². The number of aromatic nitrogens is 3. The Balaban J connectivity index is 1.27. The number of H-pyrrole nitrogens is 1. The standard InChI is InChI=1S/C39H30N6O7/c1-17(2)31-37-44-33-34(52-37)39-22-7-3-6-20(19-5-4-8-24-30(19)21(15-40-24)27-16-41-36(33)50-27)32(22)45-38(39)51-26-10-9-18(13-23(26)39)14-25(35(49)43-31)42-28(46)11-12-29(47)48/h3-13,15-17,25,31,38,40,45H,14H2,1-2H3,(H,42,46)(H,43,49)(H,47,48)/b12-11+/t25-,31-,38?,39?/m0/s1. The SMILES string of the molecule is CC(C)[C@@H]1NC(=O)[C@@H](NC(=O)/C=C/C(=O)O)Cc2ccc3c(c2)C24c5cccc(c5NC2O3)-c2cccc3[nH]cc(c23)-c2cnc(o2)-c2nc1oc24. The van der Waals surface area contributed by atoms with Crippen molar-refractivity contribution in [1.29, 1.82) is 0 Å². The third kappa shape index (κ3) is 4.13. The number of aromatic amines is 1. The zero-order valence-electron chi connectivity index (χ0n) is 27.8. The highest BCUT2D eigenvalue weighted by Crippen LogP contribution is 2.61. The summed E-state index contributed by atoms with van der Waals surface area (Å²) in [4.78, 5) is 51.2. The molecule has 0 fully saturated rings. The number of oxazole rings is 2. The lowest BCUT2D eigenvalue weighted by Gasteiger charge is -2.28. The lowest BCUT2D eigenvalue weighted by Crippen LogP contribution is -2.49. The smallest absolute Gasteiger partial charge is 0.328 e. The number of hydrogen-bond donors (Lipinski definition) is 5. The lowest BCUT2D eigenvalue weighted by atomic mass is 9.72. The summed E-state index contributed by atoms with van der Waals surface area (Å²) in [6.07, 6.45) is 4.67. The van der Waals surface area contributed by atoms with Gasteiger partial charge in [0.05, 0.1) is 6.20 Å². The molecule has 13 nitrogen and oxygen atoms in total. The van der Waals surface area contributed by atoms with E-state index in [1.165, 1.54) is 0 Å². The highest BCUT2D eigenvalue weighted by atomic mass is 16.5. The van der Waals surface area contributed by atoms with Crippen molar-refractivity contribution >= 4 is 34.4 Å². The number of anilines is 1. The predicted molar refractivity (Wildman–Crippen MR) is 187 cm³/mol. The van der Waals surface area contributed by atoms with Gasteiger partial charge in [-0.2, -0.15) is 0 Å². The van der Waals surface area contributed by atoms with Crippen LogP contribution in [-0.4, -0.2) is 50.1 Å². The second-order valence-corrected chi connectivity index (χ2v) is 13.9. The van der Waals surface area contributed by atoms with Crippen LogP contribution < -0.4 is 20.7 Å². The number of nitrogens with one attached hydrogen (secondary N) is 4. The van der Waals surface area contributed by atoms with Crippen LogP contribution in [0.4, 0.5) is 5.69 Å². The van der Waals surface area contributed by atoms with Gasteiger partial charge in [-0.1, -0.05) is 56.3 Å². The van der Waals surface area contributed by atoms with E-state index in [1.54, 1.807) is 6.20 Å². The van der Waals surface area contributed by atoms with E-state index in [1.807, 2.05) is 56.4 Å². The quantitative estimate of drug-likeness (QED) is 0.149. The van der Waals surface area contributed by atoms with Crippen LogP contribution in [0.1, 0.15) is 48.2 Å². The van der Waals surface area contributed by atoms with Crippen LogP contribution in [0.25, 0.3) is 44.9 Å². The van der Waals surface area contributed by atoms with Crippen LogP contribution >= 0.6 is 0 Å². The molecule has 10 rings (SSSR count). The average Bonchev–Trinajstić information content (AvgIpc) is 3.95. The number of para-hydroxylation sites is 1. The summed E-state index contributed by atoms with van der Waals surface area (Å²) >= 11 is 0. The molecule has 2 amide bonds. The molecule has 6 aromatic rings. The lowest BCUT2D eigenvalue weighted by molar-refractivity contribution is -0.131. The third-order valence-electron chi connectivity index (χ3n) is 10.5. The van der Waals surface area contributed by atoms with Crippen LogP contribution in [0.15, 0.2) is 88.0 Å². The Morgan fingerprint density at radius 1 is 1.02 bits per heavy atom. The number of benzene rings is 3. The topological polar surface area (TPSA) is 185 Å². The summed E-state index contributed by atoms with van der Waals surface area (Å²) in [5, 5.41) is 19.6. The second-order valence-electron chi connectivity index (χ2n) is 13.9. The molecule has 2 unspecified atom stereocenters. The zero-order valence-corrected chi connectivity index (χ0v) is 27.8. The van der Waals surface area contributed by atoms with Crippen molar-refractivity contribution in [3.63, 3.8) is 0 Å². The van der Waals surface area contributed by atoms with E-state index < -0.39 is 41.5 Å². The van der Waals surface area contributed by atoms with E-state index >= 15 is 0 Å². The van der Waals surface area contributed by atoms with Gasteiger partial charge in [-0.25, -0.2) is 14.8 Å². The van der Waals surface area contributed by atoms with E-state index in [-0.39, 0.29) is 24.1 Å². The molecule has 0 saturated heterocycles. The van der Waals surface area contributed by atoms with Gasteiger partial charge in [0.2, 0.25) is 23.6 Å². The molecule has 4 aliphatic heterocycles. The number of carboxylic acids is 1. The largest absolute Gasteiger partial charge is 0.478 e. The summed E-state index contributed by atoms with van der Waals surface area (Å²) in [6.45, 7) is 3.87. The highest BCUT2D eigenvalue weighted by molar-refractivity contribution is 6.07. The maximum atomic E-state index is 14.0. The van der Waals surface area contributed by atoms with Crippen molar-refractivity contribution < 1.29 is 33.1 Å². The Bertz CT molecular complexity index is 2560. The maximum Gasteiger partial charge on any atom is 0.328 e. The molecule has 1 spiro atoms. The average molecular weight is 695 g/mol. The predicted octanol–water partition coefficient (Wildman–Crippen LogP) is 5.43. The summed E-state index contributed by atoms with van der Waals surface area (Å²) in [7, 11) is 0. The first kappa shape index (κ1) is 30.2. The molecule has 258 valence electrons. The van der Waals surface area contributed by atoms with Crippen molar-refractivity contribution in [2.24, 2.45) is 5.92 Å². The molecule has 3 aromatic heterocycles. The number of ether oxygens (including phenoxy) is 1. The molecular formula is C39H30N6O7. The maximum absolute atomic E-state index is 14.0. The Labute approximate surface area is 295 Å². The van der Waals surface area contributed by atoms with Crippen LogP contribution in [0.2, 0.25) is 0 Å². The molecule has 4 aliphatic rings. The number of amides is 2. The number of carbonyl (C=O) groups is 3. The molecule has 5 N–H and O–H groups in total. The third-order valence-corrected chi connectivity index (χ3v) is 10.5. The first-order valence-electron chi connectivity index (χ1n) is 17.0. The summed E-state index contributed by atoms with van der Waals surface area (Å²) in [5.74, 6) is -0.598. The van der Waals surface area contributed by atoms with Crippen molar-refractivity contribution in [2.75, 3.05) is 5.32 Å². The molecule has 13 heteroatoms. The summed E-state index contributed by atoms with van der Waals surface area (Å²) in [5.41, 5.74) is 6.33. The van der Waals surface area contributed by atoms with Crippen LogP contribution in [0.5, 0.6) is 5.75 Å². The highest BCUT2D eigenvalue weighted by Gasteiger charge is 2.61. The summed E-state index contributed by atoms with van der Waals surface area (Å²) in [6, 6.07) is 16.2. The first-order valence-corrected chi connectivity index (χ1v) is 17.0. The fourth-order valence-corrected chi connectivity index (χ4v) is 8.22. The number of rotatable bonds is 4. The zero-order chi connectivity index (χ0) is 35.5. The minimum atomic E-state index is -1.28. The molecular weight excluding hydrogens is 664 g/mol. The number of aliphatic carboxylic acids is 1. The molecule has 0 radical (unpaired) electrons. The van der Waals surface area contributed by atoms with Gasteiger partial charge in [-0.15, -0.1) is 0 Å². The van der Waals surface area contributed by atoms with Gasteiger partial charge in [0.1, 0.15) is 23.2 Å². The van der Waals surface area contributed by atoms with Gasteiger partial charge in [0.15, 0.2) is 23.4 Å². The molecule has 10 bridgehead atoms. The van der Waals surface area contributed by atoms with Crippen molar-refractivity contribution in [3.05, 3.63) is 107 Å². The number of nitrogens with zero attached hydrogens (tertiary/aromatic N) is 2. The van der Waals surface area contributed by atoms with Gasteiger partial charge in [0.25, 0.3) is 0 Å². The molecule has 7 heterocycles. The molecule has 4 atom stereocenters. The number of hydrogen-bond acceptors (Lipinski definition) is 9. The van der Waals surface area contributed by atoms with E-state index in [2.05, 4.69) is 39.1 Å². The van der Waals surface area contributed by atoms with E-state index in [4.69, 9.17) is 28.6 Å². The fourth-order valence-electron chi connectivity index (χ4n) is 8.22. The van der Waals surface area contributed by atoms with Gasteiger partial charge in [-0.05, 0) is 29.2 Å². The minimum Gasteiger partial charge on any atom is -0.478 e. The molecule has 0 saturated carbocycles. The Morgan fingerprint density at radius 2 is 1.87 bits per heavy atom. The fraction of sp³-hybridized carbons (Fsp3) is 0.205. The van der Waals surface area contributed by atoms with E-state index in [9.17, 15) is 14.4 Å². The molecule has 0 aliphatic carbocycles. The van der Waals surface area contributed by atoms with Crippen LogP contribution in [-0.2, 0) is 26.2 Å². The summed E-state index contributed by atoms with van der Waals surface area (Å²) < 4.78 is 20.3. The van der Waals surface area contributed by atoms with Crippen molar-refractivity contribution in [2.45, 2.75) is 44.0 Å².